The molecule has 0 aliphatic rings. The SMILES string of the molecule is CNCc1ccnc(N(C)c2ccccc2F)c1F. The Morgan fingerprint density at radius 2 is 1.95 bits per heavy atom. The quantitative estimate of drug-likeness (QED) is 0.919. The number of para-hydroxylation sites is 1. The summed E-state index contributed by atoms with van der Waals surface area (Å²) < 4.78 is 28.0. The fraction of sp³-hybridized carbons (Fsp3) is 0.214. The summed E-state index contributed by atoms with van der Waals surface area (Å²) >= 11 is 0. The van der Waals surface area contributed by atoms with Gasteiger partial charge in [0.25, 0.3) is 0 Å². The Hall–Kier alpha value is -2.01. The van der Waals surface area contributed by atoms with Crippen LogP contribution in [-0.4, -0.2) is 19.1 Å². The number of hydrogen-bond acceptors (Lipinski definition) is 3. The van der Waals surface area contributed by atoms with E-state index in [0.29, 0.717) is 12.1 Å². The summed E-state index contributed by atoms with van der Waals surface area (Å²) in [6.07, 6.45) is 1.52. The molecule has 0 aliphatic carbocycles. The lowest BCUT2D eigenvalue weighted by Crippen LogP contribution is -2.16. The lowest BCUT2D eigenvalue weighted by molar-refractivity contribution is 0.591. The summed E-state index contributed by atoms with van der Waals surface area (Å²) in [6.45, 7) is 0.395. The first-order chi connectivity index (χ1) is 9.15. The molecule has 0 fully saturated rings. The van der Waals surface area contributed by atoms with Crippen LogP contribution < -0.4 is 10.2 Å². The van der Waals surface area contributed by atoms with Crippen LogP contribution in [0.4, 0.5) is 20.3 Å². The highest BCUT2D eigenvalue weighted by Gasteiger charge is 2.16. The van der Waals surface area contributed by atoms with Crippen LogP contribution in [0.5, 0.6) is 0 Å². The van der Waals surface area contributed by atoms with Crippen LogP contribution in [0, 0.1) is 11.6 Å². The van der Waals surface area contributed by atoms with E-state index in [2.05, 4.69) is 10.3 Å². The second-order valence-electron chi connectivity index (χ2n) is 4.15. The van der Waals surface area contributed by atoms with Crippen LogP contribution >= 0.6 is 0 Å². The Morgan fingerprint density at radius 3 is 2.63 bits per heavy atom. The van der Waals surface area contributed by atoms with Crippen LogP contribution in [0.15, 0.2) is 36.5 Å². The normalized spacial score (nSPS) is 10.5. The Morgan fingerprint density at radius 1 is 1.21 bits per heavy atom. The van der Waals surface area contributed by atoms with Gasteiger partial charge in [-0.15, -0.1) is 0 Å². The van der Waals surface area contributed by atoms with E-state index in [-0.39, 0.29) is 11.5 Å². The number of rotatable bonds is 4. The van der Waals surface area contributed by atoms with Crippen molar-refractivity contribution in [1.29, 1.82) is 0 Å². The molecule has 1 aromatic heterocycles. The Balaban J connectivity index is 2.42. The van der Waals surface area contributed by atoms with Crippen molar-refractivity contribution >= 4 is 11.5 Å². The van der Waals surface area contributed by atoms with E-state index in [1.165, 1.54) is 17.2 Å². The zero-order valence-electron chi connectivity index (χ0n) is 10.8. The summed E-state index contributed by atoms with van der Waals surface area (Å²) in [7, 11) is 3.33. The van der Waals surface area contributed by atoms with E-state index < -0.39 is 11.6 Å². The summed E-state index contributed by atoms with van der Waals surface area (Å²) in [5.41, 5.74) is 0.784. The molecule has 0 unspecified atom stereocenters. The minimum atomic E-state index is -0.442. The number of nitrogens with zero attached hydrogens (tertiary/aromatic N) is 2. The van der Waals surface area contributed by atoms with Crippen LogP contribution in [-0.2, 0) is 6.54 Å². The van der Waals surface area contributed by atoms with Crippen molar-refractivity contribution in [3.63, 3.8) is 0 Å². The van der Waals surface area contributed by atoms with E-state index in [9.17, 15) is 8.78 Å². The van der Waals surface area contributed by atoms with Gasteiger partial charge in [0.2, 0.25) is 0 Å². The van der Waals surface area contributed by atoms with Crippen molar-refractivity contribution in [1.82, 2.24) is 10.3 Å². The third-order valence-electron chi connectivity index (χ3n) is 2.85. The number of aromatic nitrogens is 1. The Bertz CT molecular complexity index is 572. The molecule has 2 rings (SSSR count). The monoisotopic (exact) mass is 263 g/mol. The topological polar surface area (TPSA) is 28.2 Å². The molecular formula is C14H15F2N3. The van der Waals surface area contributed by atoms with E-state index >= 15 is 0 Å². The number of pyridine rings is 1. The third kappa shape index (κ3) is 2.71. The molecule has 0 radical (unpaired) electrons. The zero-order valence-corrected chi connectivity index (χ0v) is 10.8. The molecule has 1 N–H and O–H groups in total. The molecule has 5 heteroatoms. The van der Waals surface area contributed by atoms with Crippen LogP contribution in [0.1, 0.15) is 5.56 Å². The second kappa shape index (κ2) is 5.75. The molecule has 0 atom stereocenters. The molecule has 0 saturated heterocycles. The van der Waals surface area contributed by atoms with Crippen molar-refractivity contribution in [2.24, 2.45) is 0 Å². The predicted molar refractivity (Wildman–Crippen MR) is 71.4 cm³/mol. The number of nitrogens with one attached hydrogen (secondary N) is 1. The molecule has 0 bridgehead atoms. The fourth-order valence-electron chi connectivity index (χ4n) is 1.87. The van der Waals surface area contributed by atoms with E-state index in [4.69, 9.17) is 0 Å². The van der Waals surface area contributed by atoms with Gasteiger partial charge in [-0.2, -0.15) is 0 Å². The molecule has 0 spiro atoms. The van der Waals surface area contributed by atoms with Crippen molar-refractivity contribution < 1.29 is 8.78 Å². The summed E-state index contributed by atoms with van der Waals surface area (Å²) in [4.78, 5) is 5.40. The number of anilines is 2. The van der Waals surface area contributed by atoms with E-state index in [0.717, 1.165) is 0 Å². The average molecular weight is 263 g/mol. The molecule has 0 saturated carbocycles. The number of halogens is 2. The van der Waals surface area contributed by atoms with Gasteiger partial charge in [0.15, 0.2) is 11.6 Å². The van der Waals surface area contributed by atoms with Crippen molar-refractivity contribution in [2.45, 2.75) is 6.54 Å². The number of hydrogen-bond donors (Lipinski definition) is 1. The third-order valence-corrected chi connectivity index (χ3v) is 2.85. The maximum absolute atomic E-state index is 14.3. The summed E-state index contributed by atoms with van der Waals surface area (Å²) in [5.74, 6) is -0.745. The van der Waals surface area contributed by atoms with Gasteiger partial charge in [0.1, 0.15) is 5.82 Å². The molecule has 2 aromatic rings. The highest BCUT2D eigenvalue weighted by Crippen LogP contribution is 2.27. The van der Waals surface area contributed by atoms with Crippen LogP contribution in [0.25, 0.3) is 0 Å². The first kappa shape index (κ1) is 13.4. The highest BCUT2D eigenvalue weighted by molar-refractivity contribution is 5.60. The highest BCUT2D eigenvalue weighted by atomic mass is 19.1. The molecule has 100 valence electrons. The molecule has 19 heavy (non-hydrogen) atoms. The van der Waals surface area contributed by atoms with Gasteiger partial charge in [-0.3, -0.25) is 0 Å². The first-order valence-corrected chi connectivity index (χ1v) is 5.91. The van der Waals surface area contributed by atoms with Gasteiger partial charge in [-0.25, -0.2) is 13.8 Å². The molecule has 0 amide bonds. The molecule has 0 aliphatic heterocycles. The largest absolute Gasteiger partial charge is 0.325 e. The van der Waals surface area contributed by atoms with Crippen LogP contribution in [0.3, 0.4) is 0 Å². The molecular weight excluding hydrogens is 248 g/mol. The van der Waals surface area contributed by atoms with Gasteiger partial charge in [0, 0.05) is 25.4 Å². The van der Waals surface area contributed by atoms with E-state index in [1.54, 1.807) is 38.4 Å². The Labute approximate surface area is 110 Å². The van der Waals surface area contributed by atoms with E-state index in [1.807, 2.05) is 0 Å². The standard InChI is InChI=1S/C14H15F2N3/c1-17-9-10-7-8-18-14(13(10)16)19(2)12-6-4-3-5-11(12)15/h3-8,17H,9H2,1-2H3. The van der Waals surface area contributed by atoms with Crippen LogP contribution in [0.2, 0.25) is 0 Å². The minimum Gasteiger partial charge on any atom is -0.325 e. The fourth-order valence-corrected chi connectivity index (χ4v) is 1.87. The van der Waals surface area contributed by atoms with Gasteiger partial charge in [-0.1, -0.05) is 12.1 Å². The first-order valence-electron chi connectivity index (χ1n) is 5.91. The van der Waals surface area contributed by atoms with Gasteiger partial charge >= 0.3 is 0 Å². The second-order valence-corrected chi connectivity index (χ2v) is 4.15. The smallest absolute Gasteiger partial charge is 0.170 e. The predicted octanol–water partition coefficient (Wildman–Crippen LogP) is 2.85. The van der Waals surface area contributed by atoms with Gasteiger partial charge < -0.3 is 10.2 Å². The maximum atomic E-state index is 14.3. The minimum absolute atomic E-state index is 0.109. The lowest BCUT2D eigenvalue weighted by Gasteiger charge is -2.20. The zero-order chi connectivity index (χ0) is 13.8. The number of benzene rings is 1. The lowest BCUT2D eigenvalue weighted by atomic mass is 10.2. The Kier molecular flexibility index (Phi) is 4.06. The van der Waals surface area contributed by atoms with Gasteiger partial charge in [-0.05, 0) is 25.2 Å². The maximum Gasteiger partial charge on any atom is 0.170 e. The summed E-state index contributed by atoms with van der Waals surface area (Å²) in [5, 5.41) is 2.88. The summed E-state index contributed by atoms with van der Waals surface area (Å²) in [6, 6.07) is 7.81. The molecule has 1 aromatic carbocycles. The van der Waals surface area contributed by atoms with Crippen molar-refractivity contribution in [3.05, 3.63) is 53.7 Å². The average Bonchev–Trinajstić information content (AvgIpc) is 2.41. The molecule has 3 nitrogen and oxygen atoms in total. The van der Waals surface area contributed by atoms with Crippen molar-refractivity contribution in [3.8, 4) is 0 Å². The van der Waals surface area contributed by atoms with Crippen molar-refractivity contribution in [2.75, 3.05) is 19.0 Å². The van der Waals surface area contributed by atoms with Gasteiger partial charge in [0.05, 0.1) is 5.69 Å². The molecule has 1 heterocycles.